The van der Waals surface area contributed by atoms with Crippen LogP contribution in [0.4, 0.5) is 0 Å². The Balaban J connectivity index is 2.00. The minimum absolute atomic E-state index is 0.0455. The maximum Gasteiger partial charge on any atom is 0.194 e. The van der Waals surface area contributed by atoms with Crippen molar-refractivity contribution in [3.63, 3.8) is 0 Å². The number of benzene rings is 4. The molecule has 0 saturated heterocycles. The summed E-state index contributed by atoms with van der Waals surface area (Å²) in [5.74, 6) is -0.0455. The number of hydrogen-bond donors (Lipinski definition) is 2. The highest BCUT2D eigenvalue weighted by atomic mass is 16.3. The van der Waals surface area contributed by atoms with Crippen LogP contribution >= 0.6 is 0 Å². The lowest BCUT2D eigenvalue weighted by Gasteiger charge is -2.22. The summed E-state index contributed by atoms with van der Waals surface area (Å²) in [7, 11) is 0. The van der Waals surface area contributed by atoms with E-state index < -0.39 is 0 Å². The zero-order valence-corrected chi connectivity index (χ0v) is 16.3. The molecule has 1 aliphatic rings. The molecule has 2 N–H and O–H groups in total. The van der Waals surface area contributed by atoms with Crippen LogP contribution in [-0.2, 0) is 13.2 Å². The number of hydrogen-bond acceptors (Lipinski definition) is 3. The lowest BCUT2D eigenvalue weighted by molar-refractivity contribution is 0.104. The third-order valence-corrected chi connectivity index (χ3v) is 5.83. The molecular weight excluding hydrogens is 372 g/mol. The largest absolute Gasteiger partial charge is 0.392 e. The summed E-state index contributed by atoms with van der Waals surface area (Å²) in [4.78, 5) is 13.6. The van der Waals surface area contributed by atoms with E-state index in [1.54, 1.807) is 0 Å². The van der Waals surface area contributed by atoms with E-state index >= 15 is 0 Å². The van der Waals surface area contributed by atoms with Crippen LogP contribution in [0.25, 0.3) is 33.4 Å². The fraction of sp³-hybridized carbons (Fsp3) is 0.0741. The Morgan fingerprint density at radius 2 is 0.933 bits per heavy atom. The predicted molar refractivity (Wildman–Crippen MR) is 118 cm³/mol. The molecule has 1 aliphatic carbocycles. The van der Waals surface area contributed by atoms with Gasteiger partial charge in [-0.1, -0.05) is 84.9 Å². The summed E-state index contributed by atoms with van der Waals surface area (Å²) in [6.45, 7) is -0.500. The maximum atomic E-state index is 13.6. The summed E-state index contributed by atoms with van der Waals surface area (Å²) in [5.41, 5.74) is 7.50. The first-order valence-electron chi connectivity index (χ1n) is 9.94. The second kappa shape index (κ2) is 7.38. The molecule has 0 aliphatic heterocycles. The molecule has 3 nitrogen and oxygen atoms in total. The summed E-state index contributed by atoms with van der Waals surface area (Å²) >= 11 is 0. The minimum Gasteiger partial charge on any atom is -0.392 e. The molecule has 4 aromatic rings. The Kier molecular flexibility index (Phi) is 4.55. The fourth-order valence-corrected chi connectivity index (χ4v) is 4.58. The summed E-state index contributed by atoms with van der Waals surface area (Å²) in [6, 6.07) is 27.0. The second-order valence-corrected chi connectivity index (χ2v) is 7.38. The van der Waals surface area contributed by atoms with Crippen molar-refractivity contribution in [3.05, 3.63) is 107 Å². The smallest absolute Gasteiger partial charge is 0.194 e. The van der Waals surface area contributed by atoms with Crippen molar-refractivity contribution >= 4 is 5.78 Å². The van der Waals surface area contributed by atoms with Crippen LogP contribution in [0.1, 0.15) is 27.0 Å². The van der Waals surface area contributed by atoms with E-state index in [1.165, 1.54) is 0 Å². The Bertz CT molecular complexity index is 1260. The average molecular weight is 392 g/mol. The summed E-state index contributed by atoms with van der Waals surface area (Å²) < 4.78 is 0. The lowest BCUT2D eigenvalue weighted by atomic mass is 9.81. The number of carbonyl (C=O) groups is 1. The SMILES string of the molecule is O=C1c2ccccc2-c2c1c(-c1ccccc1)c(CO)c(CO)c2-c1ccccc1. The van der Waals surface area contributed by atoms with Gasteiger partial charge < -0.3 is 10.2 Å². The molecule has 146 valence electrons. The molecular formula is C27H20O3. The van der Waals surface area contributed by atoms with Crippen LogP contribution < -0.4 is 0 Å². The molecule has 0 radical (unpaired) electrons. The van der Waals surface area contributed by atoms with Gasteiger partial charge in [-0.25, -0.2) is 0 Å². The molecule has 0 unspecified atom stereocenters. The Labute approximate surface area is 174 Å². The number of ketones is 1. The van der Waals surface area contributed by atoms with Gasteiger partial charge in [-0.15, -0.1) is 0 Å². The first-order chi connectivity index (χ1) is 14.8. The van der Waals surface area contributed by atoms with E-state index in [2.05, 4.69) is 0 Å². The van der Waals surface area contributed by atoms with E-state index in [4.69, 9.17) is 0 Å². The molecule has 30 heavy (non-hydrogen) atoms. The Morgan fingerprint density at radius 1 is 0.500 bits per heavy atom. The van der Waals surface area contributed by atoms with E-state index in [0.717, 1.165) is 27.8 Å². The van der Waals surface area contributed by atoms with Crippen molar-refractivity contribution in [1.82, 2.24) is 0 Å². The van der Waals surface area contributed by atoms with Gasteiger partial charge in [0.25, 0.3) is 0 Å². The third kappa shape index (κ3) is 2.64. The molecule has 0 fully saturated rings. The molecule has 4 aromatic carbocycles. The zero-order valence-electron chi connectivity index (χ0n) is 16.3. The molecule has 5 rings (SSSR count). The van der Waals surface area contributed by atoms with Gasteiger partial charge in [0.1, 0.15) is 0 Å². The van der Waals surface area contributed by atoms with E-state index in [9.17, 15) is 15.0 Å². The van der Waals surface area contributed by atoms with Gasteiger partial charge in [0.05, 0.1) is 13.2 Å². The average Bonchev–Trinajstić information content (AvgIpc) is 3.11. The highest BCUT2D eigenvalue weighted by Gasteiger charge is 2.35. The van der Waals surface area contributed by atoms with Crippen molar-refractivity contribution in [2.75, 3.05) is 0 Å². The predicted octanol–water partition coefficient (Wildman–Crippen LogP) is 5.22. The molecule has 0 heterocycles. The van der Waals surface area contributed by atoms with Crippen molar-refractivity contribution in [2.24, 2.45) is 0 Å². The third-order valence-electron chi connectivity index (χ3n) is 5.83. The second-order valence-electron chi connectivity index (χ2n) is 7.38. The van der Waals surface area contributed by atoms with Crippen molar-refractivity contribution in [2.45, 2.75) is 13.2 Å². The van der Waals surface area contributed by atoms with Gasteiger partial charge in [-0.3, -0.25) is 4.79 Å². The van der Waals surface area contributed by atoms with Gasteiger partial charge in [0.15, 0.2) is 5.78 Å². The molecule has 0 saturated carbocycles. The van der Waals surface area contributed by atoms with Crippen molar-refractivity contribution in [3.8, 4) is 33.4 Å². The Morgan fingerprint density at radius 3 is 1.43 bits per heavy atom. The maximum absolute atomic E-state index is 13.6. The van der Waals surface area contributed by atoms with Crippen LogP contribution in [0.3, 0.4) is 0 Å². The standard InChI is InChI=1S/C27H20O3/c28-15-21-22(16-29)24(18-11-5-2-6-12-18)26-25(23(21)17-9-3-1-4-10-17)19-13-7-8-14-20(19)27(26)30/h1-14,28-29H,15-16H2. The summed E-state index contributed by atoms with van der Waals surface area (Å²) in [6.07, 6.45) is 0. The topological polar surface area (TPSA) is 57.5 Å². The molecule has 0 amide bonds. The number of aliphatic hydroxyl groups excluding tert-OH is 2. The molecule has 0 atom stereocenters. The highest BCUT2D eigenvalue weighted by Crippen LogP contribution is 2.50. The van der Waals surface area contributed by atoms with Gasteiger partial charge in [-0.05, 0) is 38.9 Å². The Hall–Kier alpha value is -3.53. The van der Waals surface area contributed by atoms with Gasteiger partial charge in [-0.2, -0.15) is 0 Å². The number of carbonyl (C=O) groups excluding carboxylic acids is 1. The van der Waals surface area contributed by atoms with Gasteiger partial charge >= 0.3 is 0 Å². The molecule has 3 heteroatoms. The van der Waals surface area contributed by atoms with E-state index in [0.29, 0.717) is 27.8 Å². The number of fused-ring (bicyclic) bond motifs is 3. The van der Waals surface area contributed by atoms with Crippen LogP contribution in [0.2, 0.25) is 0 Å². The summed E-state index contributed by atoms with van der Waals surface area (Å²) in [5, 5.41) is 20.8. The molecule has 0 bridgehead atoms. The van der Waals surface area contributed by atoms with Crippen molar-refractivity contribution in [1.29, 1.82) is 0 Å². The zero-order chi connectivity index (χ0) is 20.7. The van der Waals surface area contributed by atoms with Crippen LogP contribution in [0, 0.1) is 0 Å². The highest BCUT2D eigenvalue weighted by molar-refractivity contribution is 6.27. The number of aliphatic hydroxyl groups is 2. The quantitative estimate of drug-likeness (QED) is 0.441. The minimum atomic E-state index is -0.267. The molecule has 0 aromatic heterocycles. The fourth-order valence-electron chi connectivity index (χ4n) is 4.58. The van der Waals surface area contributed by atoms with Crippen LogP contribution in [0.15, 0.2) is 84.9 Å². The lowest BCUT2D eigenvalue weighted by Crippen LogP contribution is -2.08. The monoisotopic (exact) mass is 392 g/mol. The van der Waals surface area contributed by atoms with Crippen molar-refractivity contribution < 1.29 is 15.0 Å². The van der Waals surface area contributed by atoms with Crippen LogP contribution in [-0.4, -0.2) is 16.0 Å². The first-order valence-corrected chi connectivity index (χ1v) is 9.94. The van der Waals surface area contributed by atoms with E-state index in [1.807, 2.05) is 84.9 Å². The van der Waals surface area contributed by atoms with Gasteiger partial charge in [0, 0.05) is 16.7 Å². The number of rotatable bonds is 4. The normalized spacial score (nSPS) is 12.0. The van der Waals surface area contributed by atoms with E-state index in [-0.39, 0.29) is 19.0 Å². The first kappa shape index (κ1) is 18.5. The van der Waals surface area contributed by atoms with Crippen LogP contribution in [0.5, 0.6) is 0 Å². The molecule has 0 spiro atoms. The van der Waals surface area contributed by atoms with Gasteiger partial charge in [0.2, 0.25) is 0 Å².